The van der Waals surface area contributed by atoms with Gasteiger partial charge in [-0.1, -0.05) is 12.1 Å². The Morgan fingerprint density at radius 2 is 1.84 bits per heavy atom. The summed E-state index contributed by atoms with van der Waals surface area (Å²) in [5.74, 6) is 1.82. The Morgan fingerprint density at radius 1 is 0.946 bits per heavy atom. The molecule has 0 amide bonds. The van der Waals surface area contributed by atoms with Gasteiger partial charge in [-0.3, -0.25) is 19.6 Å². The number of aromatic nitrogens is 5. The lowest BCUT2D eigenvalue weighted by atomic mass is 9.96. The predicted molar refractivity (Wildman–Crippen MR) is 146 cm³/mol. The van der Waals surface area contributed by atoms with Crippen molar-refractivity contribution < 1.29 is 9.29 Å². The Kier molecular flexibility index (Phi) is 6.84. The maximum atomic E-state index is 12.4. The smallest absolute Gasteiger partial charge is 0.147 e. The number of benzene rings is 1. The highest BCUT2D eigenvalue weighted by Gasteiger charge is 2.25. The van der Waals surface area contributed by atoms with Gasteiger partial charge in [-0.15, -0.1) is 0 Å². The molecule has 6 rings (SSSR count). The van der Waals surface area contributed by atoms with Crippen molar-refractivity contribution in [2.75, 3.05) is 12.4 Å². The Balaban J connectivity index is 1.19. The number of fused-ring (bicyclic) bond motifs is 2. The molecule has 5 aromatic rings. The summed E-state index contributed by atoms with van der Waals surface area (Å²) in [4.78, 5) is 13.5. The van der Waals surface area contributed by atoms with E-state index in [0.717, 1.165) is 64.2 Å². The third kappa shape index (κ3) is 5.08. The monoisotopic (exact) mass is 509 g/mol. The minimum atomic E-state index is -0.958. The summed E-state index contributed by atoms with van der Waals surface area (Å²) in [6.07, 6.45) is 8.21. The molecule has 0 aliphatic carbocycles. The second-order valence-corrected chi connectivity index (χ2v) is 10.6. The normalized spacial score (nSPS) is 13.5. The first-order valence-corrected chi connectivity index (χ1v) is 14.0. The maximum absolute atomic E-state index is 12.4. The van der Waals surface area contributed by atoms with Crippen LogP contribution in [0.25, 0.3) is 33.4 Å². The van der Waals surface area contributed by atoms with Crippen LogP contribution in [0.1, 0.15) is 24.2 Å². The Morgan fingerprint density at radius 3 is 2.68 bits per heavy atom. The van der Waals surface area contributed by atoms with E-state index in [0.29, 0.717) is 24.5 Å². The van der Waals surface area contributed by atoms with Gasteiger partial charge in [0.2, 0.25) is 0 Å². The number of pyridine rings is 3. The zero-order chi connectivity index (χ0) is 25.0. The molecule has 186 valence electrons. The molecule has 1 atom stereocenters. The fraction of sp³-hybridized carbons (Fsp3) is 0.241. The zero-order valence-corrected chi connectivity index (χ0v) is 21.2. The van der Waals surface area contributed by atoms with Gasteiger partial charge in [-0.25, -0.2) is 0 Å². The van der Waals surface area contributed by atoms with E-state index in [-0.39, 0.29) is 0 Å². The van der Waals surface area contributed by atoms with E-state index in [1.54, 1.807) is 6.20 Å². The van der Waals surface area contributed by atoms with Gasteiger partial charge in [0.1, 0.15) is 22.9 Å². The highest BCUT2D eigenvalue weighted by atomic mass is 32.2. The van der Waals surface area contributed by atoms with Crippen LogP contribution in [0.3, 0.4) is 0 Å². The molecule has 1 unspecified atom stereocenters. The lowest BCUT2D eigenvalue weighted by Crippen LogP contribution is -2.13. The fourth-order valence-corrected chi connectivity index (χ4v) is 5.95. The van der Waals surface area contributed by atoms with Crippen LogP contribution >= 0.6 is 0 Å². The van der Waals surface area contributed by atoms with Gasteiger partial charge in [0, 0.05) is 54.3 Å². The first-order valence-electron chi connectivity index (χ1n) is 12.5. The lowest BCUT2D eigenvalue weighted by Gasteiger charge is -2.12. The number of ether oxygens (including phenoxy) is 1. The molecule has 1 aliphatic heterocycles. The molecule has 1 aromatic carbocycles. The number of nitrogens with zero attached hydrogens (tertiary/aromatic N) is 5. The van der Waals surface area contributed by atoms with Crippen LogP contribution in [0.15, 0.2) is 79.3 Å². The van der Waals surface area contributed by atoms with E-state index >= 15 is 0 Å². The molecule has 0 spiro atoms. The first kappa shape index (κ1) is 23.6. The number of hydrogen-bond donors (Lipinski definition) is 0. The Labute approximate surface area is 218 Å². The number of aryl methyl sites for hydroxylation is 1. The van der Waals surface area contributed by atoms with E-state index in [4.69, 9.17) is 9.84 Å². The fourth-order valence-electron chi connectivity index (χ4n) is 4.86. The molecule has 0 bridgehead atoms. The van der Waals surface area contributed by atoms with E-state index in [9.17, 15) is 4.55 Å². The van der Waals surface area contributed by atoms with Crippen molar-refractivity contribution in [1.29, 1.82) is 0 Å². The number of rotatable bonds is 9. The van der Waals surface area contributed by atoms with Gasteiger partial charge in [-0.2, -0.15) is 5.10 Å². The summed E-state index contributed by atoms with van der Waals surface area (Å²) >= 11 is -0.958. The van der Waals surface area contributed by atoms with Crippen molar-refractivity contribution in [3.8, 4) is 28.3 Å². The van der Waals surface area contributed by atoms with Crippen molar-refractivity contribution in [2.45, 2.75) is 31.6 Å². The molecule has 5 heterocycles. The van der Waals surface area contributed by atoms with Crippen molar-refractivity contribution in [1.82, 2.24) is 24.7 Å². The highest BCUT2D eigenvalue weighted by Crippen LogP contribution is 2.40. The Hall–Kier alpha value is -3.75. The molecule has 0 saturated heterocycles. The van der Waals surface area contributed by atoms with Crippen molar-refractivity contribution in [3.63, 3.8) is 0 Å². The molecule has 0 radical (unpaired) electrons. The summed E-state index contributed by atoms with van der Waals surface area (Å²) in [7, 11) is 0. The van der Waals surface area contributed by atoms with Crippen LogP contribution in [-0.2, 0) is 29.9 Å². The molecule has 0 N–H and O–H groups in total. The summed E-state index contributed by atoms with van der Waals surface area (Å²) in [6, 6.07) is 19.7. The summed E-state index contributed by atoms with van der Waals surface area (Å²) in [5.41, 5.74) is 7.05. The van der Waals surface area contributed by atoms with Crippen molar-refractivity contribution >= 4 is 22.1 Å². The molecule has 37 heavy (non-hydrogen) atoms. The molecule has 8 heteroatoms. The minimum absolute atomic E-state index is 0.475. The number of hydrogen-bond acceptors (Lipinski definition) is 6. The third-order valence-electron chi connectivity index (χ3n) is 6.55. The van der Waals surface area contributed by atoms with Crippen molar-refractivity contribution in [2.24, 2.45) is 0 Å². The van der Waals surface area contributed by atoms with E-state index < -0.39 is 11.2 Å². The van der Waals surface area contributed by atoms with Crippen molar-refractivity contribution in [3.05, 3.63) is 90.6 Å². The topological polar surface area (TPSA) is 88.8 Å². The van der Waals surface area contributed by atoms with E-state index in [1.807, 2.05) is 60.9 Å². The molecular formula is C29H27N5O2S. The highest BCUT2D eigenvalue weighted by molar-refractivity contribution is 7.90. The molecule has 0 saturated carbocycles. The summed E-state index contributed by atoms with van der Waals surface area (Å²) in [6.45, 7) is 1.43. The third-order valence-corrected chi connectivity index (χ3v) is 7.91. The lowest BCUT2D eigenvalue weighted by molar-refractivity contribution is 0.318. The van der Waals surface area contributed by atoms with Crippen LogP contribution in [0.5, 0.6) is 5.75 Å². The Bertz CT molecular complexity index is 1510. The molecular weight excluding hydrogens is 482 g/mol. The van der Waals surface area contributed by atoms with E-state index in [1.165, 1.54) is 5.69 Å². The van der Waals surface area contributed by atoms with Crippen LogP contribution in [-0.4, -0.2) is 41.6 Å². The maximum Gasteiger partial charge on any atom is 0.147 e. The average Bonchev–Trinajstić information content (AvgIpc) is 3.53. The molecule has 0 fully saturated rings. The minimum Gasteiger partial charge on any atom is -0.616 e. The quantitative estimate of drug-likeness (QED) is 0.200. The SMILES string of the molecule is [O-][S+](CCCOc1ccc2c(-c3c(-c4ccccn4)nn4c3CCC4)ccnc2c1)Cc1ccccn1. The van der Waals surface area contributed by atoms with Gasteiger partial charge in [-0.05, 0) is 72.0 Å². The summed E-state index contributed by atoms with van der Waals surface area (Å²) in [5, 5.41) is 5.99. The van der Waals surface area contributed by atoms with Crippen LogP contribution in [0.4, 0.5) is 0 Å². The molecule has 7 nitrogen and oxygen atoms in total. The molecule has 1 aliphatic rings. The standard InChI is InChI=1S/C29H27N5O2S/c35-37(20-21-7-1-3-13-30-21)18-6-17-36-22-10-11-23-24(12-15-32-26(23)19-22)28-27-9-5-16-34(27)33-29(28)25-8-2-4-14-31-25/h1-4,7-8,10-15,19H,5-6,9,16-18,20H2. The molecule has 4 aromatic heterocycles. The van der Waals surface area contributed by atoms with Gasteiger partial charge < -0.3 is 9.29 Å². The summed E-state index contributed by atoms with van der Waals surface area (Å²) < 4.78 is 20.5. The first-order chi connectivity index (χ1) is 18.3. The van der Waals surface area contributed by atoms with Crippen LogP contribution in [0.2, 0.25) is 0 Å². The van der Waals surface area contributed by atoms with Gasteiger partial charge >= 0.3 is 0 Å². The second kappa shape index (κ2) is 10.7. The average molecular weight is 510 g/mol. The van der Waals surface area contributed by atoms with Crippen LogP contribution < -0.4 is 4.74 Å². The predicted octanol–water partition coefficient (Wildman–Crippen LogP) is 5.22. The van der Waals surface area contributed by atoms with E-state index in [2.05, 4.69) is 31.8 Å². The van der Waals surface area contributed by atoms with Gasteiger partial charge in [0.25, 0.3) is 0 Å². The second-order valence-electron chi connectivity index (χ2n) is 9.06. The van der Waals surface area contributed by atoms with Gasteiger partial charge in [0.05, 0.1) is 23.5 Å². The van der Waals surface area contributed by atoms with Gasteiger partial charge in [0.15, 0.2) is 0 Å². The largest absolute Gasteiger partial charge is 0.616 e. The zero-order valence-electron chi connectivity index (χ0n) is 20.4. The van der Waals surface area contributed by atoms with Crippen LogP contribution in [0, 0.1) is 0 Å².